The molecular formula is C16H22N2O3. The molecule has 5 heteroatoms. The summed E-state index contributed by atoms with van der Waals surface area (Å²) in [7, 11) is 1.67. The summed E-state index contributed by atoms with van der Waals surface area (Å²) in [5, 5.41) is 0. The molecule has 0 spiro atoms. The van der Waals surface area contributed by atoms with Crippen LogP contribution in [-0.2, 0) is 9.47 Å². The third-order valence-electron chi connectivity index (χ3n) is 4.56. The summed E-state index contributed by atoms with van der Waals surface area (Å²) in [6, 6.07) is 1.64. The molecule has 1 aromatic rings. The standard InChI is InChI=1S/C16H22N2O3/c1-20-13-7-4-8-14(13)21-16(19)12-9-10-17-15(18-12)11-5-2-3-6-11/h9-11,13-14H,2-8H2,1H3/t13-,14+/m1/s1. The number of hydrogen-bond acceptors (Lipinski definition) is 5. The Balaban J connectivity index is 1.68. The number of esters is 1. The van der Waals surface area contributed by atoms with Gasteiger partial charge < -0.3 is 9.47 Å². The van der Waals surface area contributed by atoms with Crippen LogP contribution in [0.1, 0.15) is 67.2 Å². The van der Waals surface area contributed by atoms with Crippen molar-refractivity contribution in [2.45, 2.75) is 63.1 Å². The van der Waals surface area contributed by atoms with Crippen LogP contribution in [0.4, 0.5) is 0 Å². The highest BCUT2D eigenvalue weighted by atomic mass is 16.6. The number of carbonyl (C=O) groups excluding carboxylic acids is 1. The fourth-order valence-corrected chi connectivity index (χ4v) is 3.36. The number of rotatable bonds is 4. The van der Waals surface area contributed by atoms with Crippen LogP contribution < -0.4 is 0 Å². The molecule has 2 atom stereocenters. The van der Waals surface area contributed by atoms with Gasteiger partial charge in [0.15, 0.2) is 5.69 Å². The van der Waals surface area contributed by atoms with Crippen molar-refractivity contribution in [1.29, 1.82) is 0 Å². The first-order chi connectivity index (χ1) is 10.3. The molecule has 2 fully saturated rings. The van der Waals surface area contributed by atoms with E-state index in [1.807, 2.05) is 0 Å². The lowest BCUT2D eigenvalue weighted by Gasteiger charge is -2.18. The van der Waals surface area contributed by atoms with E-state index in [1.165, 1.54) is 12.8 Å². The lowest BCUT2D eigenvalue weighted by atomic mass is 10.1. The van der Waals surface area contributed by atoms with Crippen molar-refractivity contribution >= 4 is 5.97 Å². The summed E-state index contributed by atoms with van der Waals surface area (Å²) in [6.45, 7) is 0. The van der Waals surface area contributed by atoms with Gasteiger partial charge in [0.25, 0.3) is 0 Å². The highest BCUT2D eigenvalue weighted by molar-refractivity contribution is 5.87. The second-order valence-electron chi connectivity index (χ2n) is 5.93. The van der Waals surface area contributed by atoms with Crippen molar-refractivity contribution in [2.75, 3.05) is 7.11 Å². The monoisotopic (exact) mass is 290 g/mol. The van der Waals surface area contributed by atoms with Crippen LogP contribution >= 0.6 is 0 Å². The van der Waals surface area contributed by atoms with Gasteiger partial charge in [-0.2, -0.15) is 0 Å². The molecule has 0 aliphatic heterocycles. The van der Waals surface area contributed by atoms with Crippen molar-refractivity contribution in [3.8, 4) is 0 Å². The van der Waals surface area contributed by atoms with Gasteiger partial charge in [0.05, 0.1) is 6.10 Å². The Morgan fingerprint density at radius 1 is 1.14 bits per heavy atom. The van der Waals surface area contributed by atoms with Gasteiger partial charge in [-0.15, -0.1) is 0 Å². The van der Waals surface area contributed by atoms with Crippen molar-refractivity contribution in [1.82, 2.24) is 9.97 Å². The maximum absolute atomic E-state index is 12.3. The predicted molar refractivity (Wildman–Crippen MR) is 77.1 cm³/mol. The van der Waals surface area contributed by atoms with Crippen LogP contribution in [0.5, 0.6) is 0 Å². The van der Waals surface area contributed by atoms with E-state index in [0.717, 1.165) is 37.9 Å². The van der Waals surface area contributed by atoms with Gasteiger partial charge in [0.2, 0.25) is 0 Å². The van der Waals surface area contributed by atoms with E-state index >= 15 is 0 Å². The van der Waals surface area contributed by atoms with Crippen LogP contribution in [-0.4, -0.2) is 35.3 Å². The van der Waals surface area contributed by atoms with Gasteiger partial charge in [-0.1, -0.05) is 12.8 Å². The summed E-state index contributed by atoms with van der Waals surface area (Å²) >= 11 is 0. The van der Waals surface area contributed by atoms with Crippen molar-refractivity contribution < 1.29 is 14.3 Å². The summed E-state index contributed by atoms with van der Waals surface area (Å²) in [5.41, 5.74) is 0.369. The highest BCUT2D eigenvalue weighted by Crippen LogP contribution is 2.32. The van der Waals surface area contributed by atoms with Crippen LogP contribution in [0, 0.1) is 0 Å². The van der Waals surface area contributed by atoms with Crippen LogP contribution in [0.15, 0.2) is 12.3 Å². The third-order valence-corrected chi connectivity index (χ3v) is 4.56. The molecule has 21 heavy (non-hydrogen) atoms. The number of hydrogen-bond donors (Lipinski definition) is 0. The Bertz CT molecular complexity index is 500. The second kappa shape index (κ2) is 6.52. The fraction of sp³-hybridized carbons (Fsp3) is 0.688. The Labute approximate surface area is 125 Å². The largest absolute Gasteiger partial charge is 0.455 e. The number of ether oxygens (including phenoxy) is 2. The molecule has 2 aliphatic carbocycles. The summed E-state index contributed by atoms with van der Waals surface area (Å²) in [5.74, 6) is 0.832. The molecule has 1 aromatic heterocycles. The zero-order valence-corrected chi connectivity index (χ0v) is 12.5. The molecule has 0 N–H and O–H groups in total. The first-order valence-corrected chi connectivity index (χ1v) is 7.84. The number of nitrogens with zero attached hydrogens (tertiary/aromatic N) is 2. The predicted octanol–water partition coefficient (Wildman–Crippen LogP) is 2.86. The van der Waals surface area contributed by atoms with Gasteiger partial charge in [0.1, 0.15) is 11.9 Å². The van der Waals surface area contributed by atoms with E-state index in [2.05, 4.69) is 9.97 Å². The molecule has 1 heterocycles. The Kier molecular flexibility index (Phi) is 4.48. The van der Waals surface area contributed by atoms with Crippen LogP contribution in [0.25, 0.3) is 0 Å². The molecule has 0 unspecified atom stereocenters. The van der Waals surface area contributed by atoms with E-state index in [4.69, 9.17) is 9.47 Å². The van der Waals surface area contributed by atoms with Gasteiger partial charge in [-0.3, -0.25) is 0 Å². The second-order valence-corrected chi connectivity index (χ2v) is 5.93. The van der Waals surface area contributed by atoms with Crippen molar-refractivity contribution in [3.05, 3.63) is 23.8 Å². The SMILES string of the molecule is CO[C@@H]1CCC[C@@H]1OC(=O)c1ccnc(C2CCCC2)n1. The quantitative estimate of drug-likeness (QED) is 0.798. The molecule has 2 aliphatic rings. The normalized spacial score (nSPS) is 26.1. The first kappa shape index (κ1) is 14.4. The summed E-state index contributed by atoms with van der Waals surface area (Å²) in [4.78, 5) is 21.0. The Hall–Kier alpha value is -1.49. The zero-order chi connectivity index (χ0) is 14.7. The summed E-state index contributed by atoms with van der Waals surface area (Å²) < 4.78 is 10.9. The minimum atomic E-state index is -0.356. The molecule has 0 aromatic carbocycles. The van der Waals surface area contributed by atoms with E-state index in [9.17, 15) is 4.79 Å². The Morgan fingerprint density at radius 2 is 1.90 bits per heavy atom. The molecule has 0 radical (unpaired) electrons. The molecule has 0 bridgehead atoms. The zero-order valence-electron chi connectivity index (χ0n) is 12.5. The van der Waals surface area contributed by atoms with E-state index in [0.29, 0.717) is 11.6 Å². The van der Waals surface area contributed by atoms with Gasteiger partial charge in [-0.25, -0.2) is 14.8 Å². The van der Waals surface area contributed by atoms with Crippen LogP contribution in [0.2, 0.25) is 0 Å². The first-order valence-electron chi connectivity index (χ1n) is 7.84. The topological polar surface area (TPSA) is 61.3 Å². The van der Waals surface area contributed by atoms with Crippen LogP contribution in [0.3, 0.4) is 0 Å². The van der Waals surface area contributed by atoms with E-state index < -0.39 is 0 Å². The molecule has 3 rings (SSSR count). The average molecular weight is 290 g/mol. The molecule has 0 amide bonds. The number of carbonyl (C=O) groups is 1. The fourth-order valence-electron chi connectivity index (χ4n) is 3.36. The highest BCUT2D eigenvalue weighted by Gasteiger charge is 2.31. The van der Waals surface area contributed by atoms with Crippen molar-refractivity contribution in [2.24, 2.45) is 0 Å². The third kappa shape index (κ3) is 3.23. The summed E-state index contributed by atoms with van der Waals surface area (Å²) in [6.07, 6.45) is 9.07. The average Bonchev–Trinajstić information content (AvgIpc) is 3.18. The maximum atomic E-state index is 12.3. The molecular weight excluding hydrogens is 268 g/mol. The lowest BCUT2D eigenvalue weighted by molar-refractivity contribution is -0.0211. The minimum Gasteiger partial charge on any atom is -0.455 e. The minimum absolute atomic E-state index is 0.0186. The Morgan fingerprint density at radius 3 is 2.67 bits per heavy atom. The molecule has 2 saturated carbocycles. The number of methoxy groups -OCH3 is 1. The maximum Gasteiger partial charge on any atom is 0.357 e. The molecule has 0 saturated heterocycles. The molecule has 114 valence electrons. The van der Waals surface area contributed by atoms with Gasteiger partial charge in [-0.05, 0) is 38.2 Å². The number of aromatic nitrogens is 2. The van der Waals surface area contributed by atoms with Crippen molar-refractivity contribution in [3.63, 3.8) is 0 Å². The van der Waals surface area contributed by atoms with Gasteiger partial charge >= 0.3 is 5.97 Å². The molecule has 5 nitrogen and oxygen atoms in total. The van der Waals surface area contributed by atoms with E-state index in [1.54, 1.807) is 19.4 Å². The van der Waals surface area contributed by atoms with Gasteiger partial charge in [0, 0.05) is 19.2 Å². The smallest absolute Gasteiger partial charge is 0.357 e. The lowest BCUT2D eigenvalue weighted by Crippen LogP contribution is -2.28. The van der Waals surface area contributed by atoms with E-state index in [-0.39, 0.29) is 18.2 Å².